The highest BCUT2D eigenvalue weighted by Crippen LogP contribution is 2.33. The molecular formula is C12H22N2O. The second-order valence-corrected chi connectivity index (χ2v) is 4.97. The number of aromatic nitrogens is 2. The van der Waals surface area contributed by atoms with Crippen LogP contribution in [0.25, 0.3) is 0 Å². The van der Waals surface area contributed by atoms with Crippen LogP contribution in [0.15, 0.2) is 0 Å². The molecule has 0 atom stereocenters. The van der Waals surface area contributed by atoms with E-state index < -0.39 is 0 Å². The Kier molecular flexibility index (Phi) is 3.42. The first-order valence-corrected chi connectivity index (χ1v) is 5.70. The quantitative estimate of drug-likeness (QED) is 0.833. The Labute approximate surface area is 92.1 Å². The molecule has 0 radical (unpaired) electrons. The highest BCUT2D eigenvalue weighted by Gasteiger charge is 2.26. The highest BCUT2D eigenvalue weighted by atomic mass is 16.3. The summed E-state index contributed by atoms with van der Waals surface area (Å²) in [6.45, 7) is 11.3. The van der Waals surface area contributed by atoms with E-state index in [9.17, 15) is 5.11 Å². The van der Waals surface area contributed by atoms with E-state index in [4.69, 9.17) is 0 Å². The zero-order chi connectivity index (χ0) is 11.6. The Bertz CT molecular complexity index is 334. The second-order valence-electron chi connectivity index (χ2n) is 4.97. The summed E-state index contributed by atoms with van der Waals surface area (Å²) < 4.78 is 1.95. The molecule has 1 aromatic rings. The van der Waals surface area contributed by atoms with Crippen molar-refractivity contribution in [3.05, 3.63) is 11.4 Å². The zero-order valence-corrected chi connectivity index (χ0v) is 10.5. The molecule has 3 heteroatoms. The van der Waals surface area contributed by atoms with Crippen LogP contribution >= 0.6 is 0 Å². The summed E-state index contributed by atoms with van der Waals surface area (Å²) in [5.74, 6) is 0.387. The van der Waals surface area contributed by atoms with E-state index in [1.165, 1.54) is 0 Å². The van der Waals surface area contributed by atoms with Crippen LogP contribution in [0.5, 0.6) is 5.75 Å². The van der Waals surface area contributed by atoms with Crippen LogP contribution in [-0.2, 0) is 18.4 Å². The molecule has 0 saturated carbocycles. The van der Waals surface area contributed by atoms with Crippen LogP contribution in [-0.4, -0.2) is 14.9 Å². The van der Waals surface area contributed by atoms with Gasteiger partial charge in [-0.1, -0.05) is 34.6 Å². The molecule has 0 spiro atoms. The SMILES string of the molecule is CCCn1nc(CC)c(O)c1C(C)(C)C. The summed E-state index contributed by atoms with van der Waals surface area (Å²) in [5.41, 5.74) is 1.72. The molecule has 15 heavy (non-hydrogen) atoms. The third-order valence-electron chi connectivity index (χ3n) is 2.48. The first-order chi connectivity index (χ1) is 6.91. The number of hydrogen-bond donors (Lipinski definition) is 1. The van der Waals surface area contributed by atoms with Gasteiger partial charge >= 0.3 is 0 Å². The first kappa shape index (κ1) is 12.1. The van der Waals surface area contributed by atoms with Crippen molar-refractivity contribution in [2.45, 2.75) is 59.4 Å². The van der Waals surface area contributed by atoms with Crippen molar-refractivity contribution in [1.82, 2.24) is 9.78 Å². The van der Waals surface area contributed by atoms with E-state index in [1.807, 2.05) is 11.6 Å². The van der Waals surface area contributed by atoms with Crippen LogP contribution in [0.2, 0.25) is 0 Å². The number of nitrogens with zero attached hydrogens (tertiary/aromatic N) is 2. The van der Waals surface area contributed by atoms with Gasteiger partial charge in [-0.3, -0.25) is 4.68 Å². The van der Waals surface area contributed by atoms with Crippen LogP contribution in [0.1, 0.15) is 52.4 Å². The van der Waals surface area contributed by atoms with Gasteiger partial charge in [0.2, 0.25) is 0 Å². The molecule has 86 valence electrons. The highest BCUT2D eigenvalue weighted by molar-refractivity contribution is 5.36. The van der Waals surface area contributed by atoms with Crippen LogP contribution < -0.4 is 0 Å². The Morgan fingerprint density at radius 2 is 1.87 bits per heavy atom. The topological polar surface area (TPSA) is 38.0 Å². The van der Waals surface area contributed by atoms with E-state index in [1.54, 1.807) is 0 Å². The Morgan fingerprint density at radius 3 is 2.27 bits per heavy atom. The minimum Gasteiger partial charge on any atom is -0.504 e. The summed E-state index contributed by atoms with van der Waals surface area (Å²) in [7, 11) is 0. The molecule has 1 heterocycles. The molecule has 0 aliphatic rings. The van der Waals surface area contributed by atoms with Gasteiger partial charge in [0.25, 0.3) is 0 Å². The van der Waals surface area contributed by atoms with E-state index >= 15 is 0 Å². The maximum atomic E-state index is 10.1. The molecule has 1 N–H and O–H groups in total. The molecular weight excluding hydrogens is 188 g/mol. The summed E-state index contributed by atoms with van der Waals surface area (Å²) in [6.07, 6.45) is 1.82. The maximum absolute atomic E-state index is 10.1. The van der Waals surface area contributed by atoms with Gasteiger partial charge in [-0.2, -0.15) is 5.10 Å². The van der Waals surface area contributed by atoms with Crippen LogP contribution in [0.4, 0.5) is 0 Å². The van der Waals surface area contributed by atoms with Gasteiger partial charge in [0, 0.05) is 12.0 Å². The van der Waals surface area contributed by atoms with E-state index in [2.05, 4.69) is 32.8 Å². The van der Waals surface area contributed by atoms with Crippen molar-refractivity contribution in [1.29, 1.82) is 0 Å². The van der Waals surface area contributed by atoms with Crippen molar-refractivity contribution >= 4 is 0 Å². The van der Waals surface area contributed by atoms with Gasteiger partial charge in [0.15, 0.2) is 5.75 Å². The summed E-state index contributed by atoms with van der Waals surface area (Å²) in [6, 6.07) is 0. The molecule has 0 saturated heterocycles. The monoisotopic (exact) mass is 210 g/mol. The molecule has 3 nitrogen and oxygen atoms in total. The molecule has 1 rings (SSSR count). The molecule has 0 amide bonds. The summed E-state index contributed by atoms with van der Waals surface area (Å²) >= 11 is 0. The number of aromatic hydroxyl groups is 1. The Morgan fingerprint density at radius 1 is 1.27 bits per heavy atom. The standard InChI is InChI=1S/C12H22N2O/c1-6-8-14-11(12(3,4)5)10(15)9(7-2)13-14/h15H,6-8H2,1-5H3. The third kappa shape index (κ3) is 2.33. The lowest BCUT2D eigenvalue weighted by Crippen LogP contribution is -2.18. The largest absolute Gasteiger partial charge is 0.504 e. The van der Waals surface area contributed by atoms with Crippen molar-refractivity contribution in [3.63, 3.8) is 0 Å². The lowest BCUT2D eigenvalue weighted by atomic mass is 9.91. The van der Waals surface area contributed by atoms with Gasteiger partial charge in [-0.05, 0) is 12.8 Å². The normalized spacial score (nSPS) is 12.1. The van der Waals surface area contributed by atoms with Gasteiger partial charge < -0.3 is 5.11 Å². The van der Waals surface area contributed by atoms with Gasteiger partial charge in [-0.15, -0.1) is 0 Å². The maximum Gasteiger partial charge on any atom is 0.160 e. The smallest absolute Gasteiger partial charge is 0.160 e. The predicted octanol–water partition coefficient (Wildman–Crippen LogP) is 2.86. The van der Waals surface area contributed by atoms with Crippen molar-refractivity contribution in [3.8, 4) is 5.75 Å². The van der Waals surface area contributed by atoms with Crippen molar-refractivity contribution < 1.29 is 5.11 Å². The number of rotatable bonds is 3. The molecule has 0 aromatic carbocycles. The summed E-state index contributed by atoms with van der Waals surface area (Å²) in [4.78, 5) is 0. The fourth-order valence-electron chi connectivity index (χ4n) is 1.86. The van der Waals surface area contributed by atoms with Crippen LogP contribution in [0, 0.1) is 0 Å². The first-order valence-electron chi connectivity index (χ1n) is 5.70. The predicted molar refractivity (Wildman–Crippen MR) is 62.3 cm³/mol. The number of aryl methyl sites for hydroxylation is 2. The Hall–Kier alpha value is -0.990. The van der Waals surface area contributed by atoms with Crippen molar-refractivity contribution in [2.75, 3.05) is 0 Å². The fraction of sp³-hybridized carbons (Fsp3) is 0.750. The lowest BCUT2D eigenvalue weighted by Gasteiger charge is -2.20. The Balaban J connectivity index is 3.26. The van der Waals surface area contributed by atoms with Gasteiger partial charge in [-0.25, -0.2) is 0 Å². The summed E-state index contributed by atoms with van der Waals surface area (Å²) in [5, 5.41) is 14.5. The molecule has 0 aliphatic heterocycles. The zero-order valence-electron chi connectivity index (χ0n) is 10.5. The van der Waals surface area contributed by atoms with E-state index in [0.29, 0.717) is 5.75 Å². The second kappa shape index (κ2) is 4.25. The minimum atomic E-state index is -0.0559. The molecule has 0 fully saturated rings. The average Bonchev–Trinajstić information content (AvgIpc) is 2.42. The number of hydrogen-bond acceptors (Lipinski definition) is 2. The third-order valence-corrected chi connectivity index (χ3v) is 2.48. The molecule has 0 unspecified atom stereocenters. The average molecular weight is 210 g/mol. The van der Waals surface area contributed by atoms with Gasteiger partial charge in [0.1, 0.15) is 5.69 Å². The van der Waals surface area contributed by atoms with E-state index in [-0.39, 0.29) is 5.41 Å². The van der Waals surface area contributed by atoms with Crippen molar-refractivity contribution in [2.24, 2.45) is 0 Å². The van der Waals surface area contributed by atoms with Gasteiger partial charge in [0.05, 0.1) is 5.69 Å². The molecule has 0 aliphatic carbocycles. The van der Waals surface area contributed by atoms with E-state index in [0.717, 1.165) is 30.8 Å². The fourth-order valence-corrected chi connectivity index (χ4v) is 1.86. The minimum absolute atomic E-state index is 0.0559. The molecule has 0 bridgehead atoms. The molecule has 1 aromatic heterocycles. The lowest BCUT2D eigenvalue weighted by molar-refractivity contribution is 0.421. The van der Waals surface area contributed by atoms with Crippen LogP contribution in [0.3, 0.4) is 0 Å².